The number of carbonyl (C=O) groups is 2. The van der Waals surface area contributed by atoms with Gasteiger partial charge in [-0.2, -0.15) is 0 Å². The van der Waals surface area contributed by atoms with Crippen LogP contribution >= 0.6 is 0 Å². The first-order chi connectivity index (χ1) is 11.6. The summed E-state index contributed by atoms with van der Waals surface area (Å²) >= 11 is 0. The van der Waals surface area contributed by atoms with Crippen molar-refractivity contribution >= 4 is 17.6 Å². The Hall–Kier alpha value is -2.22. The Balaban J connectivity index is 1.56. The van der Waals surface area contributed by atoms with Gasteiger partial charge in [-0.3, -0.25) is 9.59 Å². The zero-order valence-corrected chi connectivity index (χ0v) is 13.9. The lowest BCUT2D eigenvalue weighted by molar-refractivity contribution is -0.136. The van der Waals surface area contributed by atoms with Crippen LogP contribution in [0.3, 0.4) is 0 Å². The fourth-order valence-electron chi connectivity index (χ4n) is 2.99. The molecule has 1 unspecified atom stereocenters. The van der Waals surface area contributed by atoms with Gasteiger partial charge in [0.1, 0.15) is 18.2 Å². The molecule has 8 nitrogen and oxygen atoms in total. The van der Waals surface area contributed by atoms with Gasteiger partial charge in [0.2, 0.25) is 11.8 Å². The summed E-state index contributed by atoms with van der Waals surface area (Å²) in [5.74, 6) is 0.742. The van der Waals surface area contributed by atoms with Crippen molar-refractivity contribution in [1.82, 2.24) is 20.2 Å². The molecule has 0 saturated carbocycles. The molecule has 1 N–H and O–H groups in total. The molecule has 0 aromatic carbocycles. The number of amides is 2. The van der Waals surface area contributed by atoms with Crippen LogP contribution in [0.25, 0.3) is 0 Å². The zero-order valence-electron chi connectivity index (χ0n) is 13.9. The second-order valence-corrected chi connectivity index (χ2v) is 6.05. The minimum Gasteiger partial charge on any atom is -0.378 e. The van der Waals surface area contributed by atoms with E-state index in [4.69, 9.17) is 4.74 Å². The van der Waals surface area contributed by atoms with E-state index in [1.54, 1.807) is 11.8 Å². The fourth-order valence-corrected chi connectivity index (χ4v) is 2.99. The van der Waals surface area contributed by atoms with Crippen LogP contribution in [-0.4, -0.2) is 65.6 Å². The average molecular weight is 333 g/mol. The van der Waals surface area contributed by atoms with Gasteiger partial charge >= 0.3 is 0 Å². The van der Waals surface area contributed by atoms with E-state index in [1.165, 1.54) is 6.33 Å². The molecule has 24 heavy (non-hydrogen) atoms. The summed E-state index contributed by atoms with van der Waals surface area (Å²) in [4.78, 5) is 36.3. The largest absolute Gasteiger partial charge is 0.378 e. The molecule has 2 fully saturated rings. The molecular weight excluding hydrogens is 310 g/mol. The molecule has 0 radical (unpaired) electrons. The SMILES string of the molecule is CC(C(=O)NCc1cc(N2CCOCC2)ncn1)N1CCCC1=O. The number of aromatic nitrogens is 2. The number of ether oxygens (including phenoxy) is 1. The highest BCUT2D eigenvalue weighted by molar-refractivity contribution is 5.88. The Morgan fingerprint density at radius 3 is 2.83 bits per heavy atom. The molecule has 2 amide bonds. The van der Waals surface area contributed by atoms with E-state index in [0.29, 0.717) is 32.7 Å². The monoisotopic (exact) mass is 333 g/mol. The summed E-state index contributed by atoms with van der Waals surface area (Å²) in [6, 6.07) is 1.44. The van der Waals surface area contributed by atoms with E-state index < -0.39 is 6.04 Å². The van der Waals surface area contributed by atoms with E-state index in [1.807, 2.05) is 6.07 Å². The maximum Gasteiger partial charge on any atom is 0.242 e. The molecule has 8 heteroatoms. The molecule has 0 aliphatic carbocycles. The minimum atomic E-state index is -0.444. The van der Waals surface area contributed by atoms with E-state index in [9.17, 15) is 9.59 Å². The highest BCUT2D eigenvalue weighted by Gasteiger charge is 2.29. The topological polar surface area (TPSA) is 87.7 Å². The number of hydrogen-bond acceptors (Lipinski definition) is 6. The normalized spacial score (nSPS) is 19.5. The highest BCUT2D eigenvalue weighted by Crippen LogP contribution is 2.14. The molecule has 2 aliphatic heterocycles. The molecule has 130 valence electrons. The Kier molecular flexibility index (Phi) is 5.24. The molecule has 2 aliphatic rings. The summed E-state index contributed by atoms with van der Waals surface area (Å²) in [5, 5.41) is 2.86. The van der Waals surface area contributed by atoms with Gasteiger partial charge in [0, 0.05) is 32.1 Å². The number of carbonyl (C=O) groups excluding carboxylic acids is 2. The van der Waals surface area contributed by atoms with E-state index >= 15 is 0 Å². The maximum absolute atomic E-state index is 12.3. The van der Waals surface area contributed by atoms with Gasteiger partial charge in [-0.1, -0.05) is 0 Å². The summed E-state index contributed by atoms with van der Waals surface area (Å²) in [6.45, 7) is 5.73. The third kappa shape index (κ3) is 3.81. The Morgan fingerprint density at radius 2 is 2.12 bits per heavy atom. The molecule has 1 aromatic heterocycles. The van der Waals surface area contributed by atoms with Crippen molar-refractivity contribution in [2.24, 2.45) is 0 Å². The number of hydrogen-bond donors (Lipinski definition) is 1. The number of morpholine rings is 1. The predicted molar refractivity (Wildman–Crippen MR) is 87.3 cm³/mol. The van der Waals surface area contributed by atoms with Crippen LogP contribution in [-0.2, 0) is 20.9 Å². The van der Waals surface area contributed by atoms with Crippen LogP contribution in [0.5, 0.6) is 0 Å². The fraction of sp³-hybridized carbons (Fsp3) is 0.625. The molecule has 1 aromatic rings. The minimum absolute atomic E-state index is 0.0503. The quantitative estimate of drug-likeness (QED) is 0.812. The van der Waals surface area contributed by atoms with Crippen molar-refractivity contribution in [1.29, 1.82) is 0 Å². The number of nitrogens with one attached hydrogen (secondary N) is 1. The van der Waals surface area contributed by atoms with Crippen molar-refractivity contribution in [2.75, 3.05) is 37.7 Å². The second kappa shape index (κ2) is 7.57. The lowest BCUT2D eigenvalue weighted by Crippen LogP contribution is -2.45. The van der Waals surface area contributed by atoms with E-state index in [0.717, 1.165) is 31.0 Å². The molecule has 0 spiro atoms. The number of anilines is 1. The van der Waals surface area contributed by atoms with Gasteiger partial charge in [-0.15, -0.1) is 0 Å². The first-order valence-electron chi connectivity index (χ1n) is 8.36. The summed E-state index contributed by atoms with van der Waals surface area (Å²) in [7, 11) is 0. The van der Waals surface area contributed by atoms with E-state index in [-0.39, 0.29) is 11.8 Å². The zero-order chi connectivity index (χ0) is 16.9. The number of likely N-dealkylation sites (tertiary alicyclic amines) is 1. The predicted octanol–water partition coefficient (Wildman–Crippen LogP) is -0.0597. The van der Waals surface area contributed by atoms with Crippen LogP contribution in [0, 0.1) is 0 Å². The standard InChI is InChI=1S/C16H23N5O3/c1-12(21-4-2-3-15(21)22)16(23)17-10-13-9-14(19-11-18-13)20-5-7-24-8-6-20/h9,11-12H,2-8,10H2,1H3,(H,17,23). The molecule has 3 heterocycles. The van der Waals surface area contributed by atoms with Gasteiger partial charge in [-0.25, -0.2) is 9.97 Å². The van der Waals surface area contributed by atoms with Crippen molar-refractivity contribution < 1.29 is 14.3 Å². The lowest BCUT2D eigenvalue weighted by atomic mass is 10.2. The number of rotatable bonds is 5. The van der Waals surface area contributed by atoms with Crippen LogP contribution in [0.2, 0.25) is 0 Å². The van der Waals surface area contributed by atoms with Crippen molar-refractivity contribution in [2.45, 2.75) is 32.4 Å². The highest BCUT2D eigenvalue weighted by atomic mass is 16.5. The van der Waals surface area contributed by atoms with Gasteiger partial charge in [0.15, 0.2) is 0 Å². The Labute approximate surface area is 141 Å². The first kappa shape index (κ1) is 16.6. The third-order valence-electron chi connectivity index (χ3n) is 4.45. The Morgan fingerprint density at radius 1 is 1.33 bits per heavy atom. The van der Waals surface area contributed by atoms with Crippen molar-refractivity contribution in [3.63, 3.8) is 0 Å². The summed E-state index contributed by atoms with van der Waals surface area (Å²) < 4.78 is 5.34. The van der Waals surface area contributed by atoms with Crippen molar-refractivity contribution in [3.8, 4) is 0 Å². The van der Waals surface area contributed by atoms with Crippen LogP contribution < -0.4 is 10.2 Å². The van der Waals surface area contributed by atoms with Gasteiger partial charge in [0.05, 0.1) is 25.5 Å². The van der Waals surface area contributed by atoms with Crippen molar-refractivity contribution in [3.05, 3.63) is 18.1 Å². The maximum atomic E-state index is 12.3. The first-order valence-corrected chi connectivity index (χ1v) is 8.36. The van der Waals surface area contributed by atoms with Crippen LogP contribution in [0.4, 0.5) is 5.82 Å². The average Bonchev–Trinajstić information content (AvgIpc) is 3.06. The molecule has 2 saturated heterocycles. The molecular formula is C16H23N5O3. The second-order valence-electron chi connectivity index (χ2n) is 6.05. The van der Waals surface area contributed by atoms with Crippen LogP contribution in [0.1, 0.15) is 25.5 Å². The summed E-state index contributed by atoms with van der Waals surface area (Å²) in [5.41, 5.74) is 0.750. The lowest BCUT2D eigenvalue weighted by Gasteiger charge is -2.27. The van der Waals surface area contributed by atoms with Gasteiger partial charge in [0.25, 0.3) is 0 Å². The van der Waals surface area contributed by atoms with E-state index in [2.05, 4.69) is 20.2 Å². The Bertz CT molecular complexity index is 603. The smallest absolute Gasteiger partial charge is 0.242 e. The summed E-state index contributed by atoms with van der Waals surface area (Å²) in [6.07, 6.45) is 2.87. The molecule has 3 rings (SSSR count). The van der Waals surface area contributed by atoms with Gasteiger partial charge < -0.3 is 19.9 Å². The number of nitrogens with zero attached hydrogens (tertiary/aromatic N) is 4. The molecule has 0 bridgehead atoms. The molecule has 1 atom stereocenters. The third-order valence-corrected chi connectivity index (χ3v) is 4.45. The van der Waals surface area contributed by atoms with Gasteiger partial charge in [-0.05, 0) is 13.3 Å². The van der Waals surface area contributed by atoms with Crippen LogP contribution in [0.15, 0.2) is 12.4 Å².